The molecule has 1 aromatic carbocycles. The lowest BCUT2D eigenvalue weighted by Gasteiger charge is -2.27. The Labute approximate surface area is 130 Å². The number of halogens is 2. The first-order chi connectivity index (χ1) is 9.29. The molecule has 1 saturated heterocycles. The minimum atomic E-state index is -0.136. The third-order valence-electron chi connectivity index (χ3n) is 3.21. The van der Waals surface area contributed by atoms with E-state index in [9.17, 15) is 4.79 Å². The van der Waals surface area contributed by atoms with E-state index in [-0.39, 0.29) is 24.2 Å². The van der Waals surface area contributed by atoms with Gasteiger partial charge in [-0.25, -0.2) is 0 Å². The Morgan fingerprint density at radius 2 is 1.90 bits per heavy atom. The van der Waals surface area contributed by atoms with E-state index in [1.807, 2.05) is 18.2 Å². The van der Waals surface area contributed by atoms with Gasteiger partial charge in [-0.15, -0.1) is 24.0 Å². The van der Waals surface area contributed by atoms with Crippen molar-refractivity contribution in [3.05, 3.63) is 35.4 Å². The van der Waals surface area contributed by atoms with E-state index in [0.717, 1.165) is 38.4 Å². The summed E-state index contributed by atoms with van der Waals surface area (Å²) in [7, 11) is 0. The molecule has 0 unspecified atom stereocenters. The van der Waals surface area contributed by atoms with Crippen molar-refractivity contribution in [3.8, 4) is 0 Å². The van der Waals surface area contributed by atoms with Crippen LogP contribution < -0.4 is 5.32 Å². The van der Waals surface area contributed by atoms with Gasteiger partial charge >= 0.3 is 0 Å². The van der Waals surface area contributed by atoms with Crippen molar-refractivity contribution in [1.82, 2.24) is 10.2 Å². The highest BCUT2D eigenvalue weighted by atomic mass is 35.5. The first-order valence-corrected chi connectivity index (χ1v) is 7.02. The summed E-state index contributed by atoms with van der Waals surface area (Å²) in [5, 5.41) is 2.81. The molecule has 0 atom stereocenters. The Balaban J connectivity index is 0.00000200. The van der Waals surface area contributed by atoms with Crippen molar-refractivity contribution in [1.29, 1.82) is 0 Å². The van der Waals surface area contributed by atoms with E-state index in [1.165, 1.54) is 5.56 Å². The van der Waals surface area contributed by atoms with Crippen molar-refractivity contribution in [3.63, 3.8) is 0 Å². The number of morpholine rings is 1. The largest absolute Gasteiger partial charge is 0.379 e. The van der Waals surface area contributed by atoms with Crippen LogP contribution in [0.1, 0.15) is 11.1 Å². The molecule has 20 heavy (non-hydrogen) atoms. The van der Waals surface area contributed by atoms with E-state index >= 15 is 0 Å². The molecule has 0 saturated carbocycles. The summed E-state index contributed by atoms with van der Waals surface area (Å²) < 4.78 is 5.35. The zero-order chi connectivity index (χ0) is 13.5. The minimum absolute atomic E-state index is 0. The van der Waals surface area contributed by atoms with Gasteiger partial charge in [0.2, 0.25) is 5.91 Å². The Kier molecular flexibility index (Phi) is 7.92. The fraction of sp³-hybridized carbons (Fsp3) is 0.500. The molecular weight excluding hydrogens is 299 g/mol. The molecule has 1 heterocycles. The number of nitrogens with zero attached hydrogens (tertiary/aromatic N) is 1. The van der Waals surface area contributed by atoms with Gasteiger partial charge in [0, 0.05) is 26.2 Å². The van der Waals surface area contributed by atoms with Crippen LogP contribution in [0, 0.1) is 0 Å². The number of alkyl halides is 1. The van der Waals surface area contributed by atoms with Crippen LogP contribution in [0.2, 0.25) is 0 Å². The molecule has 0 aliphatic carbocycles. The predicted molar refractivity (Wildman–Crippen MR) is 82.4 cm³/mol. The highest BCUT2D eigenvalue weighted by molar-refractivity contribution is 6.27. The quantitative estimate of drug-likeness (QED) is 0.842. The molecule has 1 N–H and O–H groups in total. The Morgan fingerprint density at radius 3 is 2.55 bits per heavy atom. The van der Waals surface area contributed by atoms with Crippen LogP contribution in [0.25, 0.3) is 0 Å². The standard InChI is InChI=1S/C14H19ClN2O2.ClH/c15-9-14(18)16-10-12-3-1-2-4-13(12)11-17-5-7-19-8-6-17;/h1-4H,5-11H2,(H,16,18);1H. The number of ether oxygens (including phenoxy) is 1. The summed E-state index contributed by atoms with van der Waals surface area (Å²) in [6, 6.07) is 8.18. The highest BCUT2D eigenvalue weighted by Gasteiger charge is 2.12. The molecule has 0 bridgehead atoms. The van der Waals surface area contributed by atoms with Gasteiger partial charge in [-0.05, 0) is 11.1 Å². The normalized spacial score (nSPS) is 15.4. The number of amides is 1. The van der Waals surface area contributed by atoms with Crippen molar-refractivity contribution in [2.75, 3.05) is 32.2 Å². The summed E-state index contributed by atoms with van der Waals surface area (Å²) in [5.74, 6) is -0.131. The lowest BCUT2D eigenvalue weighted by Crippen LogP contribution is -2.36. The van der Waals surface area contributed by atoms with E-state index in [2.05, 4.69) is 16.3 Å². The maximum atomic E-state index is 11.2. The third kappa shape index (κ3) is 5.29. The number of hydrogen-bond acceptors (Lipinski definition) is 3. The molecule has 0 radical (unpaired) electrons. The Hall–Kier alpha value is -0.810. The Morgan fingerprint density at radius 1 is 1.25 bits per heavy atom. The molecule has 0 aromatic heterocycles. The van der Waals surface area contributed by atoms with Gasteiger partial charge in [0.15, 0.2) is 0 Å². The van der Waals surface area contributed by atoms with Gasteiger partial charge < -0.3 is 10.1 Å². The van der Waals surface area contributed by atoms with Gasteiger partial charge in [0.1, 0.15) is 5.88 Å². The first kappa shape index (κ1) is 17.2. The maximum absolute atomic E-state index is 11.2. The summed E-state index contributed by atoms with van der Waals surface area (Å²) in [6.45, 7) is 4.95. The van der Waals surface area contributed by atoms with Crippen LogP contribution in [-0.2, 0) is 22.6 Å². The molecule has 1 aromatic rings. The maximum Gasteiger partial charge on any atom is 0.235 e. The van der Waals surface area contributed by atoms with Crippen molar-refractivity contribution >= 4 is 29.9 Å². The molecule has 4 nitrogen and oxygen atoms in total. The molecule has 1 aliphatic heterocycles. The van der Waals surface area contributed by atoms with Crippen molar-refractivity contribution in [2.45, 2.75) is 13.1 Å². The van der Waals surface area contributed by atoms with Crippen molar-refractivity contribution < 1.29 is 9.53 Å². The number of carbonyl (C=O) groups is 1. The van der Waals surface area contributed by atoms with E-state index in [0.29, 0.717) is 6.54 Å². The van der Waals surface area contributed by atoms with Crippen LogP contribution in [0.5, 0.6) is 0 Å². The SMILES string of the molecule is Cl.O=C(CCl)NCc1ccccc1CN1CCOCC1. The second-order valence-electron chi connectivity index (χ2n) is 4.57. The number of hydrogen-bond donors (Lipinski definition) is 1. The zero-order valence-electron chi connectivity index (χ0n) is 11.3. The minimum Gasteiger partial charge on any atom is -0.379 e. The van der Waals surface area contributed by atoms with Gasteiger partial charge in [-0.1, -0.05) is 24.3 Å². The number of rotatable bonds is 5. The molecule has 2 rings (SSSR count). The molecule has 6 heteroatoms. The average molecular weight is 319 g/mol. The smallest absolute Gasteiger partial charge is 0.235 e. The summed E-state index contributed by atoms with van der Waals surface area (Å²) >= 11 is 5.48. The third-order valence-corrected chi connectivity index (χ3v) is 3.46. The number of benzene rings is 1. The van der Waals surface area contributed by atoms with Crippen LogP contribution >= 0.6 is 24.0 Å². The zero-order valence-corrected chi connectivity index (χ0v) is 12.9. The lowest BCUT2D eigenvalue weighted by molar-refractivity contribution is -0.118. The van der Waals surface area contributed by atoms with Crippen molar-refractivity contribution in [2.24, 2.45) is 0 Å². The monoisotopic (exact) mass is 318 g/mol. The van der Waals surface area contributed by atoms with Crippen LogP contribution in [-0.4, -0.2) is 43.0 Å². The van der Waals surface area contributed by atoms with Gasteiger partial charge in [0.05, 0.1) is 13.2 Å². The number of carbonyl (C=O) groups excluding carboxylic acids is 1. The fourth-order valence-corrected chi connectivity index (χ4v) is 2.22. The van der Waals surface area contributed by atoms with E-state index < -0.39 is 0 Å². The van der Waals surface area contributed by atoms with E-state index in [4.69, 9.17) is 16.3 Å². The second kappa shape index (κ2) is 9.19. The molecule has 0 spiro atoms. The first-order valence-electron chi connectivity index (χ1n) is 6.49. The lowest BCUT2D eigenvalue weighted by atomic mass is 10.1. The predicted octanol–water partition coefficient (Wildman–Crippen LogP) is 1.80. The van der Waals surface area contributed by atoms with Crippen LogP contribution in [0.4, 0.5) is 0 Å². The Bertz CT molecular complexity index is 423. The fourth-order valence-electron chi connectivity index (χ4n) is 2.13. The molecule has 1 fully saturated rings. The molecule has 1 aliphatic rings. The summed E-state index contributed by atoms with van der Waals surface area (Å²) in [4.78, 5) is 13.6. The topological polar surface area (TPSA) is 41.6 Å². The second-order valence-corrected chi connectivity index (χ2v) is 4.83. The number of nitrogens with one attached hydrogen (secondary N) is 1. The molecular formula is C14H20Cl2N2O2. The molecule has 112 valence electrons. The average Bonchev–Trinajstić information content (AvgIpc) is 2.47. The van der Waals surface area contributed by atoms with Gasteiger partial charge in [0.25, 0.3) is 0 Å². The van der Waals surface area contributed by atoms with Crippen LogP contribution in [0.3, 0.4) is 0 Å². The van der Waals surface area contributed by atoms with Crippen LogP contribution in [0.15, 0.2) is 24.3 Å². The van der Waals surface area contributed by atoms with E-state index in [1.54, 1.807) is 0 Å². The molecule has 1 amide bonds. The summed E-state index contributed by atoms with van der Waals surface area (Å²) in [5.41, 5.74) is 2.40. The van der Waals surface area contributed by atoms with Gasteiger partial charge in [-0.3, -0.25) is 9.69 Å². The summed E-state index contributed by atoms with van der Waals surface area (Å²) in [6.07, 6.45) is 0. The highest BCUT2D eigenvalue weighted by Crippen LogP contribution is 2.12. The van der Waals surface area contributed by atoms with Gasteiger partial charge in [-0.2, -0.15) is 0 Å².